The van der Waals surface area contributed by atoms with Crippen LogP contribution in [0.25, 0.3) is 0 Å². The fourth-order valence-electron chi connectivity index (χ4n) is 2.51. The summed E-state index contributed by atoms with van der Waals surface area (Å²) in [7, 11) is 0. The molecule has 0 aliphatic carbocycles. The van der Waals surface area contributed by atoms with E-state index in [9.17, 15) is 4.79 Å². The van der Waals surface area contributed by atoms with E-state index in [4.69, 9.17) is 4.74 Å². The lowest BCUT2D eigenvalue weighted by atomic mass is 10.0. The summed E-state index contributed by atoms with van der Waals surface area (Å²) in [6, 6.07) is 15.5. The van der Waals surface area contributed by atoms with Crippen LogP contribution in [0, 0.1) is 0 Å². The molecule has 0 aromatic heterocycles. The number of amides is 2. The van der Waals surface area contributed by atoms with Gasteiger partial charge in [0, 0.05) is 5.69 Å². The summed E-state index contributed by atoms with van der Waals surface area (Å²) in [5, 5.41) is 5.59. The maximum Gasteiger partial charge on any atom is 0.321 e. The normalized spacial score (nSPS) is 10.5. The highest BCUT2D eigenvalue weighted by Gasteiger charge is 2.08. The topological polar surface area (TPSA) is 50.4 Å². The van der Waals surface area contributed by atoms with Gasteiger partial charge in [-0.25, -0.2) is 4.79 Å². The SMILES string of the molecule is CCCc1ccc(OCNC(=O)Nc2ccccc2C(C)C)cc1. The van der Waals surface area contributed by atoms with E-state index in [2.05, 4.69) is 43.5 Å². The van der Waals surface area contributed by atoms with Crippen molar-refractivity contribution in [2.75, 3.05) is 12.0 Å². The third kappa shape index (κ3) is 5.30. The van der Waals surface area contributed by atoms with Crippen LogP contribution in [0.15, 0.2) is 48.5 Å². The van der Waals surface area contributed by atoms with Gasteiger partial charge in [-0.15, -0.1) is 0 Å². The van der Waals surface area contributed by atoms with Gasteiger partial charge in [0.15, 0.2) is 6.73 Å². The minimum atomic E-state index is -0.272. The van der Waals surface area contributed by atoms with Gasteiger partial charge in [0.25, 0.3) is 0 Å². The molecule has 2 N–H and O–H groups in total. The Hall–Kier alpha value is -2.49. The number of benzene rings is 2. The molecular weight excluding hydrogens is 300 g/mol. The zero-order valence-electron chi connectivity index (χ0n) is 14.6. The number of aryl methyl sites for hydroxylation is 1. The largest absolute Gasteiger partial charge is 0.473 e. The van der Waals surface area contributed by atoms with E-state index in [1.165, 1.54) is 5.56 Å². The van der Waals surface area contributed by atoms with Crippen molar-refractivity contribution in [3.8, 4) is 5.75 Å². The van der Waals surface area contributed by atoms with Crippen molar-refractivity contribution in [2.45, 2.75) is 39.5 Å². The Morgan fingerprint density at radius 2 is 1.79 bits per heavy atom. The number of urea groups is 1. The van der Waals surface area contributed by atoms with Crippen LogP contribution < -0.4 is 15.4 Å². The number of para-hydroxylation sites is 1. The second-order valence-corrected chi connectivity index (χ2v) is 6.06. The third-order valence-electron chi connectivity index (χ3n) is 3.76. The van der Waals surface area contributed by atoms with Gasteiger partial charge in [-0.3, -0.25) is 0 Å². The molecule has 0 bridgehead atoms. The summed E-state index contributed by atoms with van der Waals surface area (Å²) < 4.78 is 5.55. The molecule has 0 spiro atoms. The quantitative estimate of drug-likeness (QED) is 0.710. The molecule has 0 saturated heterocycles. The lowest BCUT2D eigenvalue weighted by molar-refractivity contribution is 0.234. The molecule has 0 fully saturated rings. The standard InChI is InChI=1S/C20H26N2O2/c1-4-7-16-10-12-17(13-11-16)24-14-21-20(23)22-19-9-6-5-8-18(19)15(2)3/h5-6,8-13,15H,4,7,14H2,1-3H3,(H2,21,22,23). The van der Waals surface area contributed by atoms with Crippen LogP contribution in [0.4, 0.5) is 10.5 Å². The van der Waals surface area contributed by atoms with E-state index in [1.54, 1.807) is 0 Å². The van der Waals surface area contributed by atoms with Crippen molar-refractivity contribution in [2.24, 2.45) is 0 Å². The van der Waals surface area contributed by atoms with Crippen molar-refractivity contribution < 1.29 is 9.53 Å². The van der Waals surface area contributed by atoms with E-state index in [-0.39, 0.29) is 12.8 Å². The minimum absolute atomic E-state index is 0.128. The van der Waals surface area contributed by atoms with Crippen molar-refractivity contribution in [3.05, 3.63) is 59.7 Å². The van der Waals surface area contributed by atoms with Crippen LogP contribution in [-0.2, 0) is 6.42 Å². The average molecular weight is 326 g/mol. The summed E-state index contributed by atoms with van der Waals surface area (Å²) in [6.45, 7) is 6.49. The first-order valence-electron chi connectivity index (χ1n) is 8.45. The fraction of sp³-hybridized carbons (Fsp3) is 0.350. The molecule has 2 amide bonds. The summed E-state index contributed by atoms with van der Waals surface area (Å²) in [4.78, 5) is 12.0. The number of carbonyl (C=O) groups is 1. The van der Waals surface area contributed by atoms with Crippen LogP contribution in [0.1, 0.15) is 44.2 Å². The van der Waals surface area contributed by atoms with Crippen LogP contribution in [0.5, 0.6) is 5.75 Å². The molecule has 4 nitrogen and oxygen atoms in total. The van der Waals surface area contributed by atoms with Crippen LogP contribution >= 0.6 is 0 Å². The summed E-state index contributed by atoms with van der Waals surface area (Å²) in [5.41, 5.74) is 3.23. The lowest BCUT2D eigenvalue weighted by Crippen LogP contribution is -2.32. The molecule has 2 rings (SSSR count). The number of ether oxygens (including phenoxy) is 1. The first-order chi connectivity index (χ1) is 11.6. The summed E-state index contributed by atoms with van der Waals surface area (Å²) in [6.07, 6.45) is 2.19. The van der Waals surface area contributed by atoms with Crippen molar-refractivity contribution in [1.29, 1.82) is 0 Å². The van der Waals surface area contributed by atoms with E-state index in [0.29, 0.717) is 5.92 Å². The Kier molecular flexibility index (Phi) is 6.67. The fourth-order valence-corrected chi connectivity index (χ4v) is 2.51. The molecule has 0 aliphatic rings. The van der Waals surface area contributed by atoms with E-state index in [0.717, 1.165) is 29.8 Å². The Morgan fingerprint density at radius 3 is 2.46 bits per heavy atom. The molecule has 0 atom stereocenters. The number of anilines is 1. The van der Waals surface area contributed by atoms with Gasteiger partial charge >= 0.3 is 6.03 Å². The highest BCUT2D eigenvalue weighted by Crippen LogP contribution is 2.23. The maximum atomic E-state index is 12.0. The van der Waals surface area contributed by atoms with Gasteiger partial charge in [0.1, 0.15) is 5.75 Å². The number of nitrogens with one attached hydrogen (secondary N) is 2. The number of hydrogen-bond acceptors (Lipinski definition) is 2. The van der Waals surface area contributed by atoms with Gasteiger partial charge in [0.2, 0.25) is 0 Å². The van der Waals surface area contributed by atoms with Gasteiger partial charge in [-0.1, -0.05) is 57.5 Å². The molecule has 0 aliphatic heterocycles. The molecule has 0 saturated carbocycles. The highest BCUT2D eigenvalue weighted by molar-refractivity contribution is 5.90. The van der Waals surface area contributed by atoms with Crippen molar-refractivity contribution in [1.82, 2.24) is 5.32 Å². The number of hydrogen-bond donors (Lipinski definition) is 2. The molecular formula is C20H26N2O2. The smallest absolute Gasteiger partial charge is 0.321 e. The van der Waals surface area contributed by atoms with Gasteiger partial charge in [0.05, 0.1) is 0 Å². The van der Waals surface area contributed by atoms with Crippen LogP contribution in [-0.4, -0.2) is 12.8 Å². The van der Waals surface area contributed by atoms with Crippen molar-refractivity contribution in [3.63, 3.8) is 0 Å². The first-order valence-corrected chi connectivity index (χ1v) is 8.45. The molecule has 0 radical (unpaired) electrons. The Labute approximate surface area is 144 Å². The average Bonchev–Trinajstić information content (AvgIpc) is 2.57. The molecule has 2 aromatic carbocycles. The highest BCUT2D eigenvalue weighted by atomic mass is 16.5. The van der Waals surface area contributed by atoms with E-state index < -0.39 is 0 Å². The molecule has 24 heavy (non-hydrogen) atoms. The number of rotatable bonds is 7. The van der Waals surface area contributed by atoms with Gasteiger partial charge in [-0.05, 0) is 41.7 Å². The monoisotopic (exact) mass is 326 g/mol. The molecule has 128 valence electrons. The summed E-state index contributed by atoms with van der Waals surface area (Å²) >= 11 is 0. The predicted molar refractivity (Wildman–Crippen MR) is 98.6 cm³/mol. The minimum Gasteiger partial charge on any atom is -0.473 e. The zero-order valence-corrected chi connectivity index (χ0v) is 14.6. The second-order valence-electron chi connectivity index (χ2n) is 6.06. The van der Waals surface area contributed by atoms with E-state index in [1.807, 2.05) is 36.4 Å². The number of carbonyl (C=O) groups excluding carboxylic acids is 1. The van der Waals surface area contributed by atoms with E-state index >= 15 is 0 Å². The van der Waals surface area contributed by atoms with Gasteiger partial charge in [-0.2, -0.15) is 0 Å². The van der Waals surface area contributed by atoms with Gasteiger partial charge < -0.3 is 15.4 Å². The Bertz CT molecular complexity index is 651. The van der Waals surface area contributed by atoms with Crippen LogP contribution in [0.2, 0.25) is 0 Å². The maximum absolute atomic E-state index is 12.0. The molecule has 0 heterocycles. The second kappa shape index (κ2) is 8.96. The first kappa shape index (κ1) is 17.9. The zero-order chi connectivity index (χ0) is 17.4. The summed E-state index contributed by atoms with van der Waals surface area (Å²) in [5.74, 6) is 1.09. The lowest BCUT2D eigenvalue weighted by Gasteiger charge is -2.14. The molecule has 2 aromatic rings. The Balaban J connectivity index is 1.81. The molecule has 4 heteroatoms. The predicted octanol–water partition coefficient (Wildman–Crippen LogP) is 4.92. The Morgan fingerprint density at radius 1 is 1.08 bits per heavy atom. The molecule has 0 unspecified atom stereocenters. The van der Waals surface area contributed by atoms with Crippen molar-refractivity contribution >= 4 is 11.7 Å². The third-order valence-corrected chi connectivity index (χ3v) is 3.76. The van der Waals surface area contributed by atoms with Crippen LogP contribution in [0.3, 0.4) is 0 Å².